The number of aromatic nitrogens is 2. The second-order valence-electron chi connectivity index (χ2n) is 4.29. The van der Waals surface area contributed by atoms with E-state index in [1.54, 1.807) is 24.2 Å². The standard InChI is InChI=1S/C14H17N3OS/c1-11-3-2-4-12(7-11)9-19-10-14(18)17-8-13-15-5-6-16-13/h2-7H,8-10H2,1H3,(H,15,16)(H,17,18). The van der Waals surface area contributed by atoms with E-state index < -0.39 is 0 Å². The first-order chi connectivity index (χ1) is 9.24. The van der Waals surface area contributed by atoms with Crippen molar-refractivity contribution in [2.75, 3.05) is 5.75 Å². The molecule has 1 aromatic heterocycles. The molecule has 1 heterocycles. The van der Waals surface area contributed by atoms with Gasteiger partial charge in [0.15, 0.2) is 0 Å². The summed E-state index contributed by atoms with van der Waals surface area (Å²) in [7, 11) is 0. The number of rotatable bonds is 6. The first kappa shape index (κ1) is 13.7. The van der Waals surface area contributed by atoms with Gasteiger partial charge in [-0.3, -0.25) is 4.79 Å². The summed E-state index contributed by atoms with van der Waals surface area (Å²) in [5, 5.41) is 2.83. The molecule has 0 atom stereocenters. The summed E-state index contributed by atoms with van der Waals surface area (Å²) in [5.41, 5.74) is 2.50. The van der Waals surface area contributed by atoms with Crippen LogP contribution in [0.4, 0.5) is 0 Å². The maximum atomic E-state index is 11.6. The maximum absolute atomic E-state index is 11.6. The SMILES string of the molecule is Cc1cccc(CSCC(=O)NCc2ncc[nH]2)c1. The highest BCUT2D eigenvalue weighted by molar-refractivity contribution is 7.99. The van der Waals surface area contributed by atoms with E-state index >= 15 is 0 Å². The van der Waals surface area contributed by atoms with Crippen LogP contribution in [0.15, 0.2) is 36.7 Å². The quantitative estimate of drug-likeness (QED) is 0.850. The molecule has 0 spiro atoms. The third-order valence-corrected chi connectivity index (χ3v) is 3.60. The van der Waals surface area contributed by atoms with Crippen LogP contribution >= 0.6 is 11.8 Å². The minimum atomic E-state index is 0.0362. The number of carbonyl (C=O) groups excluding carboxylic acids is 1. The van der Waals surface area contributed by atoms with Crippen LogP contribution in [0.25, 0.3) is 0 Å². The molecule has 4 nitrogen and oxygen atoms in total. The molecule has 0 bridgehead atoms. The lowest BCUT2D eigenvalue weighted by molar-refractivity contribution is -0.118. The van der Waals surface area contributed by atoms with E-state index in [0.29, 0.717) is 12.3 Å². The van der Waals surface area contributed by atoms with Gasteiger partial charge in [0.25, 0.3) is 0 Å². The van der Waals surface area contributed by atoms with Gasteiger partial charge in [0, 0.05) is 18.1 Å². The fourth-order valence-corrected chi connectivity index (χ4v) is 2.50. The number of carbonyl (C=O) groups is 1. The first-order valence-corrected chi connectivity index (χ1v) is 7.28. The number of aromatic amines is 1. The Bertz CT molecular complexity index is 525. The molecule has 2 N–H and O–H groups in total. The fourth-order valence-electron chi connectivity index (χ4n) is 1.69. The molecule has 0 aliphatic heterocycles. The van der Waals surface area contributed by atoms with E-state index in [1.165, 1.54) is 11.1 Å². The maximum Gasteiger partial charge on any atom is 0.230 e. The fraction of sp³-hybridized carbons (Fsp3) is 0.286. The Hall–Kier alpha value is -1.75. The Kier molecular flexibility index (Phi) is 5.03. The van der Waals surface area contributed by atoms with E-state index in [0.717, 1.165) is 11.6 Å². The molecule has 0 fully saturated rings. The number of benzene rings is 1. The van der Waals surface area contributed by atoms with Crippen molar-refractivity contribution in [2.24, 2.45) is 0 Å². The van der Waals surface area contributed by atoms with E-state index in [1.807, 2.05) is 6.07 Å². The molecule has 0 aliphatic carbocycles. The molecule has 100 valence electrons. The minimum absolute atomic E-state index is 0.0362. The average Bonchev–Trinajstić information content (AvgIpc) is 2.89. The normalized spacial score (nSPS) is 10.4. The number of H-pyrrole nitrogens is 1. The van der Waals surface area contributed by atoms with Gasteiger partial charge in [0.1, 0.15) is 5.82 Å². The topological polar surface area (TPSA) is 57.8 Å². The predicted octanol–water partition coefficient (Wildman–Crippen LogP) is 2.27. The largest absolute Gasteiger partial charge is 0.348 e. The van der Waals surface area contributed by atoms with Crippen LogP contribution in [0.3, 0.4) is 0 Å². The van der Waals surface area contributed by atoms with Crippen molar-refractivity contribution in [3.05, 3.63) is 53.6 Å². The van der Waals surface area contributed by atoms with Crippen LogP contribution in [0.5, 0.6) is 0 Å². The summed E-state index contributed by atoms with van der Waals surface area (Å²) in [6.45, 7) is 2.53. The number of aryl methyl sites for hydroxylation is 1. The van der Waals surface area contributed by atoms with Crippen LogP contribution in [-0.4, -0.2) is 21.6 Å². The molecular weight excluding hydrogens is 258 g/mol. The third kappa shape index (κ3) is 4.79. The van der Waals surface area contributed by atoms with E-state index in [4.69, 9.17) is 0 Å². The molecule has 0 radical (unpaired) electrons. The molecular formula is C14H17N3OS. The number of thioether (sulfide) groups is 1. The van der Waals surface area contributed by atoms with Crippen LogP contribution in [0.1, 0.15) is 17.0 Å². The lowest BCUT2D eigenvalue weighted by atomic mass is 10.2. The molecule has 1 aromatic carbocycles. The summed E-state index contributed by atoms with van der Waals surface area (Å²) >= 11 is 1.62. The van der Waals surface area contributed by atoms with Gasteiger partial charge in [0.05, 0.1) is 12.3 Å². The van der Waals surface area contributed by atoms with Crippen LogP contribution in [-0.2, 0) is 17.1 Å². The van der Waals surface area contributed by atoms with Gasteiger partial charge < -0.3 is 10.3 Å². The molecule has 1 amide bonds. The first-order valence-electron chi connectivity index (χ1n) is 6.12. The van der Waals surface area contributed by atoms with Gasteiger partial charge in [0.2, 0.25) is 5.91 Å². The van der Waals surface area contributed by atoms with E-state index in [9.17, 15) is 4.79 Å². The molecule has 5 heteroatoms. The molecule has 0 saturated heterocycles. The van der Waals surface area contributed by atoms with Gasteiger partial charge in [-0.25, -0.2) is 4.98 Å². The van der Waals surface area contributed by atoms with Crippen LogP contribution in [0.2, 0.25) is 0 Å². The van der Waals surface area contributed by atoms with Gasteiger partial charge in [-0.1, -0.05) is 29.8 Å². The Morgan fingerprint density at radius 1 is 1.47 bits per heavy atom. The zero-order valence-corrected chi connectivity index (χ0v) is 11.7. The molecule has 2 rings (SSSR count). The zero-order chi connectivity index (χ0) is 13.5. The van der Waals surface area contributed by atoms with Crippen molar-refractivity contribution in [3.63, 3.8) is 0 Å². The van der Waals surface area contributed by atoms with Crippen molar-refractivity contribution in [3.8, 4) is 0 Å². The van der Waals surface area contributed by atoms with E-state index in [-0.39, 0.29) is 5.91 Å². The van der Waals surface area contributed by atoms with Crippen molar-refractivity contribution in [2.45, 2.75) is 19.2 Å². The molecule has 19 heavy (non-hydrogen) atoms. The monoisotopic (exact) mass is 275 g/mol. The average molecular weight is 275 g/mol. The van der Waals surface area contributed by atoms with Gasteiger partial charge in [-0.15, -0.1) is 11.8 Å². The highest BCUT2D eigenvalue weighted by atomic mass is 32.2. The number of nitrogens with zero attached hydrogens (tertiary/aromatic N) is 1. The molecule has 2 aromatic rings. The highest BCUT2D eigenvalue weighted by Gasteiger charge is 2.03. The summed E-state index contributed by atoms with van der Waals surface area (Å²) in [6.07, 6.45) is 3.42. The predicted molar refractivity (Wildman–Crippen MR) is 77.8 cm³/mol. The van der Waals surface area contributed by atoms with Crippen molar-refractivity contribution in [1.29, 1.82) is 0 Å². The number of hydrogen-bond acceptors (Lipinski definition) is 3. The van der Waals surface area contributed by atoms with Crippen molar-refractivity contribution < 1.29 is 4.79 Å². The summed E-state index contributed by atoms with van der Waals surface area (Å²) < 4.78 is 0. The number of hydrogen-bond donors (Lipinski definition) is 2. The van der Waals surface area contributed by atoms with E-state index in [2.05, 4.69) is 40.4 Å². The minimum Gasteiger partial charge on any atom is -0.348 e. The number of imidazole rings is 1. The van der Waals surface area contributed by atoms with Crippen molar-refractivity contribution in [1.82, 2.24) is 15.3 Å². The van der Waals surface area contributed by atoms with Crippen molar-refractivity contribution >= 4 is 17.7 Å². The summed E-state index contributed by atoms with van der Waals surface area (Å²) in [5.74, 6) is 2.14. The lowest BCUT2D eigenvalue weighted by Crippen LogP contribution is -2.25. The number of nitrogens with one attached hydrogen (secondary N) is 2. The smallest absolute Gasteiger partial charge is 0.230 e. The van der Waals surface area contributed by atoms with Crippen LogP contribution in [0, 0.1) is 6.92 Å². The summed E-state index contributed by atoms with van der Waals surface area (Å²) in [4.78, 5) is 18.6. The lowest BCUT2D eigenvalue weighted by Gasteiger charge is -2.04. The Morgan fingerprint density at radius 2 is 2.37 bits per heavy atom. The summed E-state index contributed by atoms with van der Waals surface area (Å²) in [6, 6.07) is 8.35. The zero-order valence-electron chi connectivity index (χ0n) is 10.8. The van der Waals surface area contributed by atoms with Gasteiger partial charge >= 0.3 is 0 Å². The third-order valence-electron chi connectivity index (χ3n) is 2.59. The number of amides is 1. The van der Waals surface area contributed by atoms with Gasteiger partial charge in [-0.05, 0) is 12.5 Å². The Labute approximate surface area is 117 Å². The molecule has 0 aliphatic rings. The Morgan fingerprint density at radius 3 is 3.11 bits per heavy atom. The van der Waals surface area contributed by atoms with Crippen LogP contribution < -0.4 is 5.32 Å². The highest BCUT2D eigenvalue weighted by Crippen LogP contribution is 2.13. The molecule has 0 saturated carbocycles. The molecule has 0 unspecified atom stereocenters. The van der Waals surface area contributed by atoms with Gasteiger partial charge in [-0.2, -0.15) is 0 Å². The second-order valence-corrected chi connectivity index (χ2v) is 5.28. The second kappa shape index (κ2) is 6.99. The Balaban J connectivity index is 1.66.